The van der Waals surface area contributed by atoms with Crippen molar-refractivity contribution in [2.75, 3.05) is 85.4 Å². The molecule has 56 heavy (non-hydrogen) atoms. The molecule has 0 unspecified atom stereocenters. The van der Waals surface area contributed by atoms with E-state index in [9.17, 15) is 5.26 Å². The van der Waals surface area contributed by atoms with E-state index in [1.165, 1.54) is 21.8 Å². The van der Waals surface area contributed by atoms with Gasteiger partial charge < -0.3 is 31.1 Å². The summed E-state index contributed by atoms with van der Waals surface area (Å²) in [7, 11) is 6.89. The van der Waals surface area contributed by atoms with Crippen LogP contribution in [0.4, 0.5) is 63.9 Å². The Morgan fingerprint density at radius 1 is 0.643 bits per heavy atom. The van der Waals surface area contributed by atoms with Crippen molar-refractivity contribution in [1.29, 1.82) is 5.26 Å². The highest BCUT2D eigenvalue weighted by atomic mass is 15.4. The van der Waals surface area contributed by atoms with Gasteiger partial charge in [-0.25, -0.2) is 24.8 Å². The van der Waals surface area contributed by atoms with Crippen LogP contribution in [-0.2, 0) is 0 Å². The molecule has 24 nitrogen and oxygen atoms in total. The number of rotatable bonds is 12. The van der Waals surface area contributed by atoms with Crippen molar-refractivity contribution in [1.82, 2.24) is 59.4 Å². The van der Waals surface area contributed by atoms with Crippen LogP contribution in [0.5, 0.6) is 0 Å². The molecule has 7 heterocycles. The van der Waals surface area contributed by atoms with Crippen LogP contribution in [-0.4, -0.2) is 114 Å². The third-order valence-electron chi connectivity index (χ3n) is 8.21. The fourth-order valence-corrected chi connectivity index (χ4v) is 5.52. The standard InChI is InChI=1S/C32H32N24/c1-34-20-18-44-56(32-41-10-7-11-42-32)26(20)52-50-22-24(36-3)46-30(38-5)48-28(22)54-14-12-53(13-15-54)27-21(23(35-2)45-29(37-4)47-27)49-51-25-19(16-33)17-43-55(25)31-39-8-6-9-40-31/h6-11,17-18H,12-15H2,2-5H3,(H2,35,37,45,47)(H2,36,38,46,48). The van der Waals surface area contributed by atoms with Gasteiger partial charge >= 0.3 is 0 Å². The van der Waals surface area contributed by atoms with E-state index in [0.717, 1.165) is 0 Å². The van der Waals surface area contributed by atoms with Gasteiger partial charge in [0.1, 0.15) is 11.6 Å². The SMILES string of the molecule is [C-]#[N+]c1cnn(-c2ncccn2)c1N=Nc1c(NC)nc(NC)nc1N1CCN(c2nc(NC)nc(NC)c2N=Nc2c(C#N)cnn2-c2ncccn2)CC1. The molecule has 0 bridgehead atoms. The predicted molar refractivity (Wildman–Crippen MR) is 204 cm³/mol. The van der Waals surface area contributed by atoms with Crippen molar-refractivity contribution >= 4 is 63.9 Å². The van der Waals surface area contributed by atoms with Gasteiger partial charge in [-0.1, -0.05) is 0 Å². The zero-order valence-corrected chi connectivity index (χ0v) is 30.4. The first-order valence-electron chi connectivity index (χ1n) is 16.9. The zero-order chi connectivity index (χ0) is 39.0. The summed E-state index contributed by atoms with van der Waals surface area (Å²) in [5.74, 6) is 3.28. The van der Waals surface area contributed by atoms with Crippen LogP contribution >= 0.6 is 0 Å². The highest BCUT2D eigenvalue weighted by Crippen LogP contribution is 2.40. The first kappa shape index (κ1) is 36.1. The van der Waals surface area contributed by atoms with Crippen molar-refractivity contribution in [3.63, 3.8) is 0 Å². The monoisotopic (exact) mass is 752 g/mol. The lowest BCUT2D eigenvalue weighted by molar-refractivity contribution is 0.641. The molecule has 1 saturated heterocycles. The largest absolute Gasteiger partial charge is 0.371 e. The van der Waals surface area contributed by atoms with Gasteiger partial charge in [-0.3, -0.25) is 0 Å². The normalized spacial score (nSPS) is 12.8. The van der Waals surface area contributed by atoms with Crippen molar-refractivity contribution in [3.05, 3.63) is 66.3 Å². The number of hydrogen-bond donors (Lipinski definition) is 4. The van der Waals surface area contributed by atoms with Gasteiger partial charge in [0.05, 0.1) is 19.0 Å². The quantitative estimate of drug-likeness (QED) is 0.102. The Morgan fingerprint density at radius 3 is 1.55 bits per heavy atom. The lowest BCUT2D eigenvalue weighted by atomic mass is 10.2. The highest BCUT2D eigenvalue weighted by molar-refractivity contribution is 5.78. The molecule has 6 aromatic rings. The Morgan fingerprint density at radius 2 is 1.11 bits per heavy atom. The maximum atomic E-state index is 9.82. The fourth-order valence-electron chi connectivity index (χ4n) is 5.52. The van der Waals surface area contributed by atoms with Crippen molar-refractivity contribution in [2.24, 2.45) is 20.5 Å². The van der Waals surface area contributed by atoms with Crippen LogP contribution in [0.2, 0.25) is 0 Å². The maximum absolute atomic E-state index is 9.82. The van der Waals surface area contributed by atoms with Gasteiger partial charge in [0.15, 0.2) is 46.3 Å². The molecule has 6 aromatic heterocycles. The Hall–Kier alpha value is -8.28. The van der Waals surface area contributed by atoms with E-state index in [-0.39, 0.29) is 34.8 Å². The second kappa shape index (κ2) is 16.2. The Kier molecular flexibility index (Phi) is 10.4. The molecule has 7 rings (SSSR count). The predicted octanol–water partition coefficient (Wildman–Crippen LogP) is 3.96. The van der Waals surface area contributed by atoms with Crippen LogP contribution in [0.3, 0.4) is 0 Å². The number of nitriles is 1. The van der Waals surface area contributed by atoms with E-state index < -0.39 is 0 Å². The van der Waals surface area contributed by atoms with Crippen LogP contribution in [0.1, 0.15) is 5.56 Å². The summed E-state index contributed by atoms with van der Waals surface area (Å²) in [5.41, 5.74) is 1.03. The molecule has 0 aromatic carbocycles. The molecule has 1 fully saturated rings. The van der Waals surface area contributed by atoms with Crippen LogP contribution in [0.25, 0.3) is 16.7 Å². The molecule has 0 atom stereocenters. The summed E-state index contributed by atoms with van der Waals surface area (Å²) >= 11 is 0. The smallest absolute Gasteiger partial charge is 0.252 e. The number of hydrogen-bond acceptors (Lipinski definition) is 21. The molecule has 1 aliphatic heterocycles. The number of aromatic nitrogens is 12. The number of nitrogens with zero attached hydrogens (tertiary/aromatic N) is 20. The molecule has 1 aliphatic rings. The van der Waals surface area contributed by atoms with Gasteiger partial charge in [0, 0.05) is 79.2 Å². The minimum atomic E-state index is 0.142. The van der Waals surface area contributed by atoms with Crippen LogP contribution < -0.4 is 31.1 Å². The first-order valence-corrected chi connectivity index (χ1v) is 16.9. The molecule has 0 radical (unpaired) electrons. The third-order valence-corrected chi connectivity index (χ3v) is 8.21. The number of nitrogens with one attached hydrogen (secondary N) is 4. The molecule has 0 spiro atoms. The van der Waals surface area contributed by atoms with E-state index in [0.29, 0.717) is 72.7 Å². The Balaban J connectivity index is 1.22. The minimum Gasteiger partial charge on any atom is -0.371 e. The van der Waals surface area contributed by atoms with Crippen molar-refractivity contribution < 1.29 is 0 Å². The topological polar surface area (TPSA) is 271 Å². The third kappa shape index (κ3) is 7.07. The van der Waals surface area contributed by atoms with Gasteiger partial charge in [-0.2, -0.15) is 44.8 Å². The van der Waals surface area contributed by atoms with E-state index in [1.54, 1.807) is 65.1 Å². The molecule has 0 aliphatic carbocycles. The average Bonchev–Trinajstić information content (AvgIpc) is 3.88. The summed E-state index contributed by atoms with van der Waals surface area (Å²) < 4.78 is 2.68. The van der Waals surface area contributed by atoms with Crippen molar-refractivity contribution in [2.45, 2.75) is 0 Å². The molecule has 4 N–H and O–H groups in total. The van der Waals surface area contributed by atoms with Crippen LogP contribution in [0.15, 0.2) is 69.8 Å². The molecular weight excluding hydrogens is 721 g/mol. The molecular formula is C32H32N24. The molecule has 24 heteroatoms. The second-order valence-electron chi connectivity index (χ2n) is 11.4. The Bertz CT molecular complexity index is 2300. The van der Waals surface area contributed by atoms with Crippen molar-refractivity contribution in [3.8, 4) is 18.0 Å². The molecule has 0 saturated carbocycles. The van der Waals surface area contributed by atoms with E-state index in [2.05, 4.69) is 103 Å². The highest BCUT2D eigenvalue weighted by Gasteiger charge is 2.28. The summed E-state index contributed by atoms with van der Waals surface area (Å²) in [6.45, 7) is 9.55. The maximum Gasteiger partial charge on any atom is 0.252 e. The molecule has 280 valence electrons. The van der Waals surface area contributed by atoms with Gasteiger partial charge in [-0.05, 0) is 12.1 Å². The summed E-state index contributed by atoms with van der Waals surface area (Å²) in [4.78, 5) is 43.3. The number of piperazine rings is 1. The van der Waals surface area contributed by atoms with Gasteiger partial charge in [0.25, 0.3) is 17.6 Å². The first-order chi connectivity index (χ1) is 27.5. The summed E-state index contributed by atoms with van der Waals surface area (Å²) in [6.07, 6.45) is 9.02. The van der Waals surface area contributed by atoms with E-state index >= 15 is 0 Å². The second-order valence-corrected chi connectivity index (χ2v) is 11.4. The van der Waals surface area contributed by atoms with E-state index in [1.807, 2.05) is 0 Å². The van der Waals surface area contributed by atoms with Gasteiger partial charge in [-0.15, -0.1) is 20.5 Å². The average molecular weight is 753 g/mol. The lowest BCUT2D eigenvalue weighted by Crippen LogP contribution is -2.47. The van der Waals surface area contributed by atoms with Gasteiger partial charge in [0.2, 0.25) is 11.9 Å². The van der Waals surface area contributed by atoms with E-state index in [4.69, 9.17) is 16.5 Å². The fraction of sp³-hybridized carbons (Fsp3) is 0.250. The molecule has 0 amide bonds. The summed E-state index contributed by atoms with van der Waals surface area (Å²) in [5, 5.41) is 48.6. The lowest BCUT2D eigenvalue weighted by Gasteiger charge is -2.37. The number of azo groups is 2. The van der Waals surface area contributed by atoms with Crippen LogP contribution in [0, 0.1) is 17.9 Å². The minimum absolute atomic E-state index is 0.142. The Labute approximate surface area is 318 Å². The number of anilines is 6. The zero-order valence-electron chi connectivity index (χ0n) is 30.4. The summed E-state index contributed by atoms with van der Waals surface area (Å²) in [6, 6.07) is 5.45.